The molecule has 2 heterocycles. The lowest BCUT2D eigenvalue weighted by molar-refractivity contribution is -0.123. The number of nitrogens with zero attached hydrogens (tertiary/aromatic N) is 1. The first-order valence-corrected chi connectivity index (χ1v) is 11.8. The Morgan fingerprint density at radius 3 is 2.58 bits per heavy atom. The van der Waals surface area contributed by atoms with Gasteiger partial charge >= 0.3 is 6.03 Å². The first kappa shape index (κ1) is 23.9. The third-order valence-electron chi connectivity index (χ3n) is 4.30. The maximum absolute atomic E-state index is 12.8. The molecule has 6 nitrogen and oxygen atoms in total. The molecule has 2 N–H and O–H groups in total. The van der Waals surface area contributed by atoms with Crippen molar-refractivity contribution >= 4 is 98.4 Å². The van der Waals surface area contributed by atoms with Crippen LogP contribution >= 0.6 is 70.4 Å². The molecule has 0 unspecified atom stereocenters. The lowest BCUT2D eigenvalue weighted by Gasteiger charge is -2.16. The number of amides is 3. The van der Waals surface area contributed by atoms with Crippen molar-refractivity contribution < 1.29 is 14.0 Å². The maximum Gasteiger partial charge on any atom is 0.338 e. The van der Waals surface area contributed by atoms with Gasteiger partial charge in [0, 0.05) is 17.3 Å². The fraction of sp³-hybridized carbons (Fsp3) is 0. The molecule has 0 saturated carbocycles. The van der Waals surface area contributed by atoms with Gasteiger partial charge in [-0.05, 0) is 54.7 Å². The predicted molar refractivity (Wildman–Crippen MR) is 138 cm³/mol. The summed E-state index contributed by atoms with van der Waals surface area (Å²) in [7, 11) is 0. The summed E-state index contributed by atoms with van der Waals surface area (Å²) in [5.74, 6) is 0.387. The molecule has 33 heavy (non-hydrogen) atoms. The molecular formula is C21H11Cl4N3O3S2. The van der Waals surface area contributed by atoms with E-state index in [1.54, 1.807) is 36.4 Å². The lowest BCUT2D eigenvalue weighted by atomic mass is 10.2. The van der Waals surface area contributed by atoms with Crippen LogP contribution in [0, 0.1) is 0 Å². The minimum atomic E-state index is -0.679. The van der Waals surface area contributed by atoms with E-state index in [-0.39, 0.29) is 14.2 Å². The van der Waals surface area contributed by atoms with Crippen LogP contribution in [0.5, 0.6) is 0 Å². The van der Waals surface area contributed by atoms with E-state index in [1.807, 2.05) is 0 Å². The van der Waals surface area contributed by atoms with Gasteiger partial charge in [-0.2, -0.15) is 5.01 Å². The van der Waals surface area contributed by atoms with Crippen LogP contribution in [0.1, 0.15) is 5.76 Å². The summed E-state index contributed by atoms with van der Waals surface area (Å²) in [5.41, 5.74) is 3.43. The average Bonchev–Trinajstić information content (AvgIpc) is 3.33. The summed E-state index contributed by atoms with van der Waals surface area (Å²) in [6, 6.07) is 12.5. The van der Waals surface area contributed by atoms with Gasteiger partial charge in [-0.3, -0.25) is 4.79 Å². The molecule has 1 aliphatic heterocycles. The Labute approximate surface area is 217 Å². The number of anilines is 1. The Kier molecular flexibility index (Phi) is 7.23. The number of hydrazine groups is 1. The van der Waals surface area contributed by atoms with E-state index in [0.717, 1.165) is 16.8 Å². The number of benzene rings is 2. The predicted octanol–water partition coefficient (Wildman–Crippen LogP) is 7.50. The maximum atomic E-state index is 12.8. The van der Waals surface area contributed by atoms with Gasteiger partial charge in [-0.25, -0.2) is 10.2 Å². The summed E-state index contributed by atoms with van der Waals surface area (Å²) < 4.78 is 5.95. The molecule has 1 aliphatic rings. The summed E-state index contributed by atoms with van der Waals surface area (Å²) >= 11 is 30.4. The van der Waals surface area contributed by atoms with Gasteiger partial charge in [-0.1, -0.05) is 64.2 Å². The first-order chi connectivity index (χ1) is 15.7. The summed E-state index contributed by atoms with van der Waals surface area (Å²) in [5, 5.41) is 4.92. The SMILES string of the molecule is O=C(Nc1ccc(Cl)c(Cl)c1)NN1C(=O)/C(=C\c2ccc(-c3cccc(Cl)c3Cl)o2)SC1=S. The van der Waals surface area contributed by atoms with E-state index in [1.165, 1.54) is 18.2 Å². The quantitative estimate of drug-likeness (QED) is 0.256. The zero-order valence-electron chi connectivity index (χ0n) is 16.2. The monoisotopic (exact) mass is 557 g/mol. The van der Waals surface area contributed by atoms with Gasteiger partial charge in [0.05, 0.1) is 25.0 Å². The van der Waals surface area contributed by atoms with Crippen molar-refractivity contribution in [1.82, 2.24) is 10.4 Å². The lowest BCUT2D eigenvalue weighted by Crippen LogP contribution is -2.46. The number of carbonyl (C=O) groups excluding carboxylic acids is 2. The fourth-order valence-corrected chi connectivity index (χ4v) is 4.65. The Hall–Kier alpha value is -2.20. The van der Waals surface area contributed by atoms with Gasteiger partial charge < -0.3 is 9.73 Å². The summed E-state index contributed by atoms with van der Waals surface area (Å²) in [4.78, 5) is 25.4. The Morgan fingerprint density at radius 2 is 1.82 bits per heavy atom. The van der Waals surface area contributed by atoms with E-state index in [0.29, 0.717) is 37.8 Å². The number of hydrogen-bond acceptors (Lipinski definition) is 5. The summed E-state index contributed by atoms with van der Waals surface area (Å²) in [6.07, 6.45) is 1.53. The number of halogens is 4. The van der Waals surface area contributed by atoms with E-state index in [9.17, 15) is 9.59 Å². The van der Waals surface area contributed by atoms with Crippen LogP contribution in [0.3, 0.4) is 0 Å². The number of hydrogen-bond donors (Lipinski definition) is 2. The van der Waals surface area contributed by atoms with E-state index in [4.69, 9.17) is 63.0 Å². The van der Waals surface area contributed by atoms with Gasteiger partial charge in [-0.15, -0.1) is 0 Å². The second-order valence-corrected chi connectivity index (χ2v) is 9.79. The minimum Gasteiger partial charge on any atom is -0.457 e. The second kappa shape index (κ2) is 9.97. The van der Waals surface area contributed by atoms with Gasteiger partial charge in [0.15, 0.2) is 4.32 Å². The third-order valence-corrected chi connectivity index (χ3v) is 7.16. The van der Waals surface area contributed by atoms with Crippen molar-refractivity contribution in [2.24, 2.45) is 0 Å². The van der Waals surface area contributed by atoms with E-state index >= 15 is 0 Å². The highest BCUT2D eigenvalue weighted by Gasteiger charge is 2.34. The topological polar surface area (TPSA) is 74.6 Å². The molecule has 3 aromatic rings. The molecular weight excluding hydrogens is 548 g/mol. The van der Waals surface area contributed by atoms with E-state index in [2.05, 4.69) is 10.7 Å². The smallest absolute Gasteiger partial charge is 0.338 e. The number of urea groups is 1. The van der Waals surface area contributed by atoms with Crippen LogP contribution in [0.4, 0.5) is 10.5 Å². The number of thiocarbonyl (C=S) groups is 1. The van der Waals surface area contributed by atoms with Crippen molar-refractivity contribution in [3.63, 3.8) is 0 Å². The second-order valence-electron chi connectivity index (χ2n) is 6.52. The minimum absolute atomic E-state index is 0.153. The molecule has 3 amide bonds. The summed E-state index contributed by atoms with van der Waals surface area (Å²) in [6.45, 7) is 0. The molecule has 0 aliphatic carbocycles. The Bertz CT molecular complexity index is 1330. The highest BCUT2D eigenvalue weighted by atomic mass is 35.5. The van der Waals surface area contributed by atoms with Crippen molar-refractivity contribution in [3.8, 4) is 11.3 Å². The van der Waals surface area contributed by atoms with Crippen molar-refractivity contribution in [2.45, 2.75) is 0 Å². The van der Waals surface area contributed by atoms with Gasteiger partial charge in [0.25, 0.3) is 5.91 Å². The molecule has 0 bridgehead atoms. The molecule has 0 spiro atoms. The molecule has 12 heteroatoms. The number of carbonyl (C=O) groups is 2. The zero-order chi connectivity index (χ0) is 23.7. The molecule has 2 aromatic carbocycles. The Balaban J connectivity index is 1.47. The average molecular weight is 559 g/mol. The van der Waals surface area contributed by atoms with Crippen molar-refractivity contribution in [2.75, 3.05) is 5.32 Å². The number of nitrogens with one attached hydrogen (secondary N) is 2. The molecule has 1 fully saturated rings. The number of rotatable bonds is 4. The highest BCUT2D eigenvalue weighted by molar-refractivity contribution is 8.26. The zero-order valence-corrected chi connectivity index (χ0v) is 20.9. The number of thioether (sulfide) groups is 1. The molecule has 4 rings (SSSR count). The first-order valence-electron chi connectivity index (χ1n) is 9.08. The van der Waals surface area contributed by atoms with Crippen LogP contribution < -0.4 is 10.7 Å². The van der Waals surface area contributed by atoms with Crippen LogP contribution in [-0.2, 0) is 4.79 Å². The molecule has 168 valence electrons. The van der Waals surface area contributed by atoms with Gasteiger partial charge in [0.1, 0.15) is 11.5 Å². The third kappa shape index (κ3) is 5.32. The largest absolute Gasteiger partial charge is 0.457 e. The van der Waals surface area contributed by atoms with Crippen LogP contribution in [-0.4, -0.2) is 21.3 Å². The molecule has 1 aromatic heterocycles. The molecule has 0 atom stereocenters. The molecule has 1 saturated heterocycles. The fourth-order valence-electron chi connectivity index (χ4n) is 2.80. The Morgan fingerprint density at radius 1 is 1.03 bits per heavy atom. The van der Waals surface area contributed by atoms with Gasteiger partial charge in [0.2, 0.25) is 0 Å². The van der Waals surface area contributed by atoms with Crippen LogP contribution in [0.2, 0.25) is 20.1 Å². The standard InChI is InChI=1S/C21H11Cl4N3O3S2/c22-13-6-4-10(8-15(13)24)26-20(30)27-28-19(29)17(33-21(28)32)9-11-5-7-16(31-11)12-2-1-3-14(23)18(12)25/h1-9H,(H2,26,27,30)/b17-9+. The van der Waals surface area contributed by atoms with Crippen LogP contribution in [0.25, 0.3) is 17.4 Å². The molecule has 0 radical (unpaired) electrons. The van der Waals surface area contributed by atoms with Crippen LogP contribution in [0.15, 0.2) is 57.9 Å². The highest BCUT2D eigenvalue weighted by Crippen LogP contribution is 2.36. The van der Waals surface area contributed by atoms with Crippen molar-refractivity contribution in [1.29, 1.82) is 0 Å². The normalized spacial score (nSPS) is 14.8. The number of furan rings is 1. The van der Waals surface area contributed by atoms with Crippen molar-refractivity contribution in [3.05, 3.63) is 79.3 Å². The van der Waals surface area contributed by atoms with E-state index < -0.39 is 11.9 Å².